The normalized spacial score (nSPS) is 17.9. The van der Waals surface area contributed by atoms with Gasteiger partial charge in [-0.2, -0.15) is 5.10 Å². The summed E-state index contributed by atoms with van der Waals surface area (Å²) < 4.78 is 5.74. The van der Waals surface area contributed by atoms with Gasteiger partial charge in [-0.1, -0.05) is 59.2 Å². The van der Waals surface area contributed by atoms with E-state index in [2.05, 4.69) is 15.5 Å². The van der Waals surface area contributed by atoms with Gasteiger partial charge in [-0.15, -0.1) is 5.10 Å². The van der Waals surface area contributed by atoms with Gasteiger partial charge in [0.15, 0.2) is 5.17 Å². The second kappa shape index (κ2) is 8.86. The van der Waals surface area contributed by atoms with E-state index in [-0.39, 0.29) is 11.2 Å². The van der Waals surface area contributed by atoms with E-state index in [1.165, 1.54) is 18.0 Å². The number of halogens is 2. The molecule has 1 fully saturated rings. The molecule has 29 heavy (non-hydrogen) atoms. The van der Waals surface area contributed by atoms with Crippen molar-refractivity contribution in [3.05, 3.63) is 82.0 Å². The lowest BCUT2D eigenvalue weighted by atomic mass is 10.1. The first-order valence-corrected chi connectivity index (χ1v) is 10.4. The van der Waals surface area contributed by atoms with Crippen LogP contribution in [0.4, 0.5) is 0 Å². The van der Waals surface area contributed by atoms with E-state index in [0.717, 1.165) is 11.1 Å². The Bertz CT molecular complexity index is 1110. The molecular weight excluding hydrogens is 429 g/mol. The van der Waals surface area contributed by atoms with E-state index in [1.54, 1.807) is 18.2 Å². The number of hydrogen-bond donors (Lipinski definition) is 1. The molecule has 1 aromatic heterocycles. The fourth-order valence-corrected chi connectivity index (χ4v) is 4.24. The molecule has 1 aliphatic rings. The number of carbonyl (C=O) groups excluding carboxylic acids is 1. The Balaban J connectivity index is 1.40. The molecule has 4 rings (SSSR count). The summed E-state index contributed by atoms with van der Waals surface area (Å²) in [5.74, 6) is 1.09. The van der Waals surface area contributed by atoms with Crippen molar-refractivity contribution in [3.63, 3.8) is 0 Å². The van der Waals surface area contributed by atoms with E-state index in [1.807, 2.05) is 42.5 Å². The minimum absolute atomic E-state index is 0.0945. The van der Waals surface area contributed by atoms with Gasteiger partial charge in [-0.25, -0.2) is 0 Å². The van der Waals surface area contributed by atoms with E-state index < -0.39 is 0 Å². The lowest BCUT2D eigenvalue weighted by molar-refractivity contribution is -0.118. The van der Waals surface area contributed by atoms with E-state index in [4.69, 9.17) is 27.6 Å². The predicted molar refractivity (Wildman–Crippen MR) is 119 cm³/mol. The molecule has 8 heteroatoms. The van der Waals surface area contributed by atoms with Crippen LogP contribution in [0.1, 0.15) is 11.3 Å². The number of carbonyl (C=O) groups is 1. The molecule has 1 unspecified atom stereocenters. The maximum atomic E-state index is 12.2. The molecule has 1 aliphatic heterocycles. The third-order valence-electron chi connectivity index (χ3n) is 4.19. The number of nitrogens with one attached hydrogen (secondary N) is 1. The highest BCUT2D eigenvalue weighted by Crippen LogP contribution is 2.29. The van der Waals surface area contributed by atoms with Crippen molar-refractivity contribution in [2.45, 2.75) is 11.7 Å². The summed E-state index contributed by atoms with van der Waals surface area (Å²) in [6.07, 6.45) is 2.06. The van der Waals surface area contributed by atoms with Gasteiger partial charge in [-0.3, -0.25) is 4.79 Å². The number of amides is 1. The fourth-order valence-electron chi connectivity index (χ4n) is 2.83. The van der Waals surface area contributed by atoms with E-state index >= 15 is 0 Å². The number of hydrogen-bond acceptors (Lipinski definition) is 5. The largest absolute Gasteiger partial charge is 0.455 e. The van der Waals surface area contributed by atoms with Crippen molar-refractivity contribution in [1.82, 2.24) is 5.32 Å². The third kappa shape index (κ3) is 4.90. The van der Waals surface area contributed by atoms with Gasteiger partial charge in [0.1, 0.15) is 11.5 Å². The molecule has 1 N–H and O–H groups in total. The number of furan rings is 1. The Morgan fingerprint density at radius 2 is 1.97 bits per heavy atom. The van der Waals surface area contributed by atoms with Crippen LogP contribution in [-0.2, 0) is 11.2 Å². The van der Waals surface area contributed by atoms with Gasteiger partial charge in [0.2, 0.25) is 5.91 Å². The zero-order valence-corrected chi connectivity index (χ0v) is 17.3. The molecule has 1 saturated heterocycles. The Kier molecular flexibility index (Phi) is 6.04. The molecule has 0 radical (unpaired) electrons. The Morgan fingerprint density at radius 1 is 1.10 bits per heavy atom. The molecule has 5 nitrogen and oxygen atoms in total. The SMILES string of the molecule is O=C1N/C(=N\N=C\c2ccc(-c3ccccc3Cl)o2)SC1Cc1cccc(Cl)c1. The van der Waals surface area contributed by atoms with Crippen LogP contribution in [0.3, 0.4) is 0 Å². The first-order valence-electron chi connectivity index (χ1n) is 8.76. The van der Waals surface area contributed by atoms with E-state index in [9.17, 15) is 4.79 Å². The Labute approximate surface area is 181 Å². The molecule has 0 bridgehead atoms. The number of nitrogens with zero attached hydrogens (tertiary/aromatic N) is 2. The molecule has 1 atom stereocenters. The summed E-state index contributed by atoms with van der Waals surface area (Å²) in [6, 6.07) is 18.5. The summed E-state index contributed by atoms with van der Waals surface area (Å²) in [5, 5.41) is 12.3. The quantitative estimate of drug-likeness (QED) is 0.422. The van der Waals surface area contributed by atoms with Crippen LogP contribution in [0, 0.1) is 0 Å². The summed E-state index contributed by atoms with van der Waals surface area (Å²) in [5.41, 5.74) is 1.81. The molecular formula is C21H15Cl2N3O2S. The molecule has 3 aromatic rings. The fraction of sp³-hybridized carbons (Fsp3) is 0.0952. The summed E-state index contributed by atoms with van der Waals surface area (Å²) in [7, 11) is 0. The zero-order valence-electron chi connectivity index (χ0n) is 15.0. The van der Waals surface area contributed by atoms with Crippen molar-refractivity contribution < 1.29 is 9.21 Å². The Morgan fingerprint density at radius 3 is 2.79 bits per heavy atom. The highest BCUT2D eigenvalue weighted by molar-refractivity contribution is 8.15. The van der Waals surface area contributed by atoms with Crippen molar-refractivity contribution in [2.75, 3.05) is 0 Å². The second-order valence-electron chi connectivity index (χ2n) is 6.26. The second-order valence-corrected chi connectivity index (χ2v) is 8.30. The van der Waals surface area contributed by atoms with Crippen molar-refractivity contribution in [2.24, 2.45) is 10.2 Å². The van der Waals surface area contributed by atoms with Gasteiger partial charge < -0.3 is 9.73 Å². The van der Waals surface area contributed by atoms with Crippen LogP contribution in [-0.4, -0.2) is 22.5 Å². The van der Waals surface area contributed by atoms with E-state index in [0.29, 0.717) is 33.2 Å². The van der Waals surface area contributed by atoms with Crippen molar-refractivity contribution >= 4 is 52.3 Å². The zero-order chi connectivity index (χ0) is 20.2. The lowest BCUT2D eigenvalue weighted by Gasteiger charge is -2.05. The number of rotatable bonds is 5. The molecule has 1 amide bonds. The number of thioether (sulfide) groups is 1. The molecule has 0 spiro atoms. The highest BCUT2D eigenvalue weighted by atomic mass is 35.5. The van der Waals surface area contributed by atoms with Crippen LogP contribution >= 0.6 is 35.0 Å². The van der Waals surface area contributed by atoms with Crippen LogP contribution in [0.5, 0.6) is 0 Å². The Hall–Kier alpha value is -2.54. The standard InChI is InChI=1S/C21H15Cl2N3O2S/c22-14-5-3-4-13(10-14)11-19-20(27)25-21(29-19)26-24-12-15-8-9-18(28-15)16-6-1-2-7-17(16)23/h1-10,12,19H,11H2,(H,25,26,27)/b24-12+. The smallest absolute Gasteiger partial charge is 0.239 e. The minimum atomic E-state index is -0.266. The molecule has 2 heterocycles. The maximum Gasteiger partial charge on any atom is 0.239 e. The van der Waals surface area contributed by atoms with Gasteiger partial charge in [0, 0.05) is 10.6 Å². The van der Waals surface area contributed by atoms with Crippen LogP contribution in [0.2, 0.25) is 10.0 Å². The van der Waals surface area contributed by atoms with Gasteiger partial charge in [0.05, 0.1) is 16.5 Å². The summed E-state index contributed by atoms with van der Waals surface area (Å²) >= 11 is 13.5. The van der Waals surface area contributed by atoms with Crippen molar-refractivity contribution in [3.8, 4) is 11.3 Å². The molecule has 0 aliphatic carbocycles. The monoisotopic (exact) mass is 443 g/mol. The number of amidine groups is 1. The van der Waals surface area contributed by atoms with Crippen LogP contribution in [0.25, 0.3) is 11.3 Å². The average Bonchev–Trinajstić information content (AvgIpc) is 3.29. The van der Waals surface area contributed by atoms with Gasteiger partial charge in [-0.05, 0) is 48.4 Å². The van der Waals surface area contributed by atoms with Crippen LogP contribution in [0.15, 0.2) is 75.3 Å². The first-order chi connectivity index (χ1) is 14.1. The topological polar surface area (TPSA) is 67.0 Å². The number of benzene rings is 2. The predicted octanol–water partition coefficient (Wildman–Crippen LogP) is 5.42. The lowest BCUT2D eigenvalue weighted by Crippen LogP contribution is -2.25. The molecule has 2 aromatic carbocycles. The molecule has 0 saturated carbocycles. The summed E-state index contributed by atoms with van der Waals surface area (Å²) in [6.45, 7) is 0. The van der Waals surface area contributed by atoms with Crippen molar-refractivity contribution in [1.29, 1.82) is 0 Å². The average molecular weight is 444 g/mol. The van der Waals surface area contributed by atoms with Gasteiger partial charge in [0.25, 0.3) is 0 Å². The maximum absolute atomic E-state index is 12.2. The van der Waals surface area contributed by atoms with Crippen LogP contribution < -0.4 is 5.32 Å². The first kappa shape index (κ1) is 19.8. The third-order valence-corrected chi connectivity index (χ3v) is 5.82. The molecule has 146 valence electrons. The highest BCUT2D eigenvalue weighted by Gasteiger charge is 2.30. The minimum Gasteiger partial charge on any atom is -0.455 e. The van der Waals surface area contributed by atoms with Gasteiger partial charge >= 0.3 is 0 Å². The summed E-state index contributed by atoms with van der Waals surface area (Å²) in [4.78, 5) is 12.2.